The van der Waals surface area contributed by atoms with Crippen LogP contribution in [0.25, 0.3) is 10.7 Å². The quantitative estimate of drug-likeness (QED) is 0.849. The number of carbonyl (C=O) groups excluding carboxylic acids is 1. The Morgan fingerprint density at radius 3 is 2.91 bits per heavy atom. The minimum absolute atomic E-state index is 0.0875. The zero-order chi connectivity index (χ0) is 15.4. The fraction of sp³-hybridized carbons (Fsp3) is 0.600. The summed E-state index contributed by atoms with van der Waals surface area (Å²) in [5.74, 6) is 0.674. The van der Waals surface area contributed by atoms with Crippen LogP contribution >= 0.6 is 11.3 Å². The SMILES string of the molecule is CCN(C(=O)Cn1nnc(-c2cccs2)n1)C1CCCCC1. The molecule has 0 spiro atoms. The van der Waals surface area contributed by atoms with E-state index < -0.39 is 0 Å². The molecule has 2 aromatic heterocycles. The maximum atomic E-state index is 12.5. The number of hydrogen-bond donors (Lipinski definition) is 0. The van der Waals surface area contributed by atoms with E-state index in [1.54, 1.807) is 11.3 Å². The average Bonchev–Trinajstić information content (AvgIpc) is 3.20. The lowest BCUT2D eigenvalue weighted by Gasteiger charge is -2.33. The first-order chi connectivity index (χ1) is 10.8. The molecule has 1 fully saturated rings. The maximum Gasteiger partial charge on any atom is 0.246 e. The number of carbonyl (C=O) groups is 1. The van der Waals surface area contributed by atoms with Gasteiger partial charge in [0.05, 0.1) is 4.88 Å². The van der Waals surface area contributed by atoms with Gasteiger partial charge in [-0.2, -0.15) is 4.80 Å². The van der Waals surface area contributed by atoms with Gasteiger partial charge in [-0.3, -0.25) is 4.79 Å². The predicted molar refractivity (Wildman–Crippen MR) is 85.4 cm³/mol. The van der Waals surface area contributed by atoms with Gasteiger partial charge in [0.25, 0.3) is 0 Å². The fourth-order valence-electron chi connectivity index (χ4n) is 3.06. The Morgan fingerprint density at radius 2 is 2.23 bits per heavy atom. The summed E-state index contributed by atoms with van der Waals surface area (Å²) >= 11 is 1.57. The van der Waals surface area contributed by atoms with Crippen LogP contribution in [0.3, 0.4) is 0 Å². The standard InChI is InChI=1S/C15H21N5OS/c1-2-19(12-7-4-3-5-8-12)14(21)11-20-17-15(16-18-20)13-9-6-10-22-13/h6,9-10,12H,2-5,7-8,11H2,1H3. The van der Waals surface area contributed by atoms with E-state index in [4.69, 9.17) is 0 Å². The number of nitrogens with zero attached hydrogens (tertiary/aromatic N) is 5. The third-order valence-corrected chi connectivity index (χ3v) is 5.01. The number of rotatable bonds is 5. The first-order valence-electron chi connectivity index (χ1n) is 7.89. The van der Waals surface area contributed by atoms with E-state index in [-0.39, 0.29) is 12.5 Å². The van der Waals surface area contributed by atoms with Crippen LogP contribution < -0.4 is 0 Å². The molecule has 1 aliphatic carbocycles. The zero-order valence-electron chi connectivity index (χ0n) is 12.8. The Morgan fingerprint density at radius 1 is 1.41 bits per heavy atom. The van der Waals surface area contributed by atoms with E-state index in [1.807, 2.05) is 29.3 Å². The molecular formula is C15H21N5OS. The molecule has 118 valence electrons. The lowest BCUT2D eigenvalue weighted by Crippen LogP contribution is -2.43. The van der Waals surface area contributed by atoms with Crippen molar-refractivity contribution in [3.8, 4) is 10.7 Å². The number of likely N-dealkylation sites (N-methyl/N-ethyl adjacent to an activating group) is 1. The second kappa shape index (κ2) is 7.00. The normalized spacial score (nSPS) is 15.9. The Labute approximate surface area is 134 Å². The van der Waals surface area contributed by atoms with Crippen molar-refractivity contribution in [2.45, 2.75) is 51.6 Å². The van der Waals surface area contributed by atoms with E-state index in [2.05, 4.69) is 15.4 Å². The molecule has 1 aliphatic rings. The van der Waals surface area contributed by atoms with E-state index in [0.29, 0.717) is 11.9 Å². The van der Waals surface area contributed by atoms with Gasteiger partial charge < -0.3 is 4.90 Å². The van der Waals surface area contributed by atoms with Crippen molar-refractivity contribution in [3.05, 3.63) is 17.5 Å². The topological polar surface area (TPSA) is 63.9 Å². The Kier molecular flexibility index (Phi) is 4.82. The highest BCUT2D eigenvalue weighted by atomic mass is 32.1. The second-order valence-electron chi connectivity index (χ2n) is 5.59. The molecule has 2 heterocycles. The highest BCUT2D eigenvalue weighted by molar-refractivity contribution is 7.13. The minimum Gasteiger partial charge on any atom is -0.338 e. The van der Waals surface area contributed by atoms with E-state index in [0.717, 1.165) is 24.3 Å². The molecule has 0 unspecified atom stereocenters. The molecule has 0 atom stereocenters. The first kappa shape index (κ1) is 15.1. The molecule has 2 aromatic rings. The van der Waals surface area contributed by atoms with Crippen molar-refractivity contribution < 1.29 is 4.79 Å². The van der Waals surface area contributed by atoms with Crippen molar-refractivity contribution >= 4 is 17.2 Å². The highest BCUT2D eigenvalue weighted by Gasteiger charge is 2.24. The molecule has 0 bridgehead atoms. The molecule has 22 heavy (non-hydrogen) atoms. The summed E-state index contributed by atoms with van der Waals surface area (Å²) in [5.41, 5.74) is 0. The van der Waals surface area contributed by atoms with Gasteiger partial charge in [-0.05, 0) is 36.4 Å². The minimum atomic E-state index is 0.0875. The number of amides is 1. The maximum absolute atomic E-state index is 12.5. The Balaban J connectivity index is 1.65. The summed E-state index contributed by atoms with van der Waals surface area (Å²) in [5, 5.41) is 14.3. The van der Waals surface area contributed by atoms with Gasteiger partial charge in [-0.1, -0.05) is 25.3 Å². The summed E-state index contributed by atoms with van der Waals surface area (Å²) < 4.78 is 0. The monoisotopic (exact) mass is 319 g/mol. The summed E-state index contributed by atoms with van der Waals surface area (Å²) in [6.07, 6.45) is 5.96. The van der Waals surface area contributed by atoms with Crippen LogP contribution in [0.15, 0.2) is 17.5 Å². The van der Waals surface area contributed by atoms with Crippen LogP contribution in [-0.4, -0.2) is 43.6 Å². The molecule has 0 radical (unpaired) electrons. The Bertz CT molecular complexity index is 603. The number of tetrazole rings is 1. The lowest BCUT2D eigenvalue weighted by atomic mass is 9.94. The molecule has 0 aromatic carbocycles. The molecule has 3 rings (SSSR count). The zero-order valence-corrected chi connectivity index (χ0v) is 13.6. The smallest absolute Gasteiger partial charge is 0.246 e. The van der Waals surface area contributed by atoms with Crippen molar-refractivity contribution in [1.29, 1.82) is 0 Å². The number of aromatic nitrogens is 4. The van der Waals surface area contributed by atoms with Gasteiger partial charge in [-0.15, -0.1) is 21.5 Å². The van der Waals surface area contributed by atoms with Crippen LogP contribution in [0.2, 0.25) is 0 Å². The molecule has 6 nitrogen and oxygen atoms in total. The van der Waals surface area contributed by atoms with Gasteiger partial charge in [0.1, 0.15) is 6.54 Å². The third kappa shape index (κ3) is 3.35. The van der Waals surface area contributed by atoms with E-state index >= 15 is 0 Å². The second-order valence-corrected chi connectivity index (χ2v) is 6.54. The van der Waals surface area contributed by atoms with Crippen molar-refractivity contribution in [2.24, 2.45) is 0 Å². The van der Waals surface area contributed by atoms with Crippen LogP contribution in [0.5, 0.6) is 0 Å². The van der Waals surface area contributed by atoms with Crippen molar-refractivity contribution in [3.63, 3.8) is 0 Å². The van der Waals surface area contributed by atoms with Crippen molar-refractivity contribution in [1.82, 2.24) is 25.1 Å². The van der Waals surface area contributed by atoms with Crippen molar-refractivity contribution in [2.75, 3.05) is 6.54 Å². The van der Waals surface area contributed by atoms with Crippen LogP contribution in [0.4, 0.5) is 0 Å². The summed E-state index contributed by atoms with van der Waals surface area (Å²) in [6, 6.07) is 4.29. The largest absolute Gasteiger partial charge is 0.338 e. The summed E-state index contributed by atoms with van der Waals surface area (Å²) in [6.45, 7) is 2.96. The predicted octanol–water partition coefficient (Wildman–Crippen LogP) is 2.58. The number of thiophene rings is 1. The van der Waals surface area contributed by atoms with Gasteiger partial charge >= 0.3 is 0 Å². The van der Waals surface area contributed by atoms with Crippen LogP contribution in [0.1, 0.15) is 39.0 Å². The third-order valence-electron chi connectivity index (χ3n) is 4.15. The average molecular weight is 319 g/mol. The van der Waals surface area contributed by atoms with Gasteiger partial charge in [-0.25, -0.2) is 0 Å². The number of hydrogen-bond acceptors (Lipinski definition) is 5. The molecule has 1 saturated carbocycles. The molecule has 0 aliphatic heterocycles. The van der Waals surface area contributed by atoms with Crippen LogP contribution in [0, 0.1) is 0 Å². The molecule has 0 N–H and O–H groups in total. The van der Waals surface area contributed by atoms with Gasteiger partial charge in [0.15, 0.2) is 0 Å². The molecule has 0 saturated heterocycles. The van der Waals surface area contributed by atoms with E-state index in [1.165, 1.54) is 24.1 Å². The highest BCUT2D eigenvalue weighted by Crippen LogP contribution is 2.23. The Hall–Kier alpha value is -1.76. The molecular weight excluding hydrogens is 298 g/mol. The fourth-order valence-corrected chi connectivity index (χ4v) is 3.71. The van der Waals surface area contributed by atoms with Gasteiger partial charge in [0.2, 0.25) is 11.7 Å². The first-order valence-corrected chi connectivity index (χ1v) is 8.77. The lowest BCUT2D eigenvalue weighted by molar-refractivity contribution is -0.135. The molecule has 1 amide bonds. The summed E-state index contributed by atoms with van der Waals surface area (Å²) in [7, 11) is 0. The van der Waals surface area contributed by atoms with Gasteiger partial charge in [0, 0.05) is 12.6 Å². The molecule has 7 heteroatoms. The van der Waals surface area contributed by atoms with E-state index in [9.17, 15) is 4.79 Å². The summed E-state index contributed by atoms with van der Waals surface area (Å²) in [4.78, 5) is 16.9. The van der Waals surface area contributed by atoms with Crippen LogP contribution in [-0.2, 0) is 11.3 Å².